The van der Waals surface area contributed by atoms with E-state index in [9.17, 15) is 9.90 Å². The number of likely N-dealkylation sites (N-methyl/N-ethyl adjacent to an activating group) is 1. The average molecular weight is 483 g/mol. The summed E-state index contributed by atoms with van der Waals surface area (Å²) in [6.07, 6.45) is 3.42. The summed E-state index contributed by atoms with van der Waals surface area (Å²) in [6.45, 7) is 4.45. The predicted molar refractivity (Wildman–Crippen MR) is 136 cm³/mol. The molecule has 8 heteroatoms. The average Bonchev–Trinajstić information content (AvgIpc) is 2.91. The van der Waals surface area contributed by atoms with Gasteiger partial charge in [-0.2, -0.15) is 0 Å². The maximum absolute atomic E-state index is 13.3. The van der Waals surface area contributed by atoms with Crippen LogP contribution >= 0.6 is 0 Å². The second kappa shape index (κ2) is 12.3. The number of hydrogen-bond donors (Lipinski definition) is 1. The molecule has 0 saturated carbocycles. The van der Waals surface area contributed by atoms with Gasteiger partial charge in [0, 0.05) is 57.6 Å². The van der Waals surface area contributed by atoms with Gasteiger partial charge in [0.2, 0.25) is 0 Å². The molecule has 0 radical (unpaired) electrons. The summed E-state index contributed by atoms with van der Waals surface area (Å²) in [7, 11) is 3.78. The van der Waals surface area contributed by atoms with Crippen molar-refractivity contribution in [3.63, 3.8) is 0 Å². The minimum absolute atomic E-state index is 0.0143. The van der Waals surface area contributed by atoms with Crippen LogP contribution in [-0.4, -0.2) is 97.5 Å². The van der Waals surface area contributed by atoms with Crippen molar-refractivity contribution >= 4 is 11.6 Å². The number of aromatic nitrogens is 1. The van der Waals surface area contributed by atoms with Crippen LogP contribution in [0.3, 0.4) is 0 Å². The van der Waals surface area contributed by atoms with E-state index in [1.54, 1.807) is 7.11 Å². The lowest BCUT2D eigenvalue weighted by molar-refractivity contribution is -0.168. The molecule has 2 aliphatic heterocycles. The first-order valence-corrected chi connectivity index (χ1v) is 12.6. The number of carbonyl (C=O) groups is 1. The lowest BCUT2D eigenvalue weighted by atomic mass is 9.98. The lowest BCUT2D eigenvalue weighted by Crippen LogP contribution is -2.56. The molecule has 8 nitrogen and oxygen atoms in total. The zero-order valence-corrected chi connectivity index (χ0v) is 20.9. The highest BCUT2D eigenvalue weighted by molar-refractivity contribution is 5.82. The van der Waals surface area contributed by atoms with Crippen LogP contribution in [-0.2, 0) is 16.0 Å². The van der Waals surface area contributed by atoms with Crippen LogP contribution in [0.25, 0.3) is 0 Å². The van der Waals surface area contributed by atoms with E-state index in [0.717, 1.165) is 62.6 Å². The van der Waals surface area contributed by atoms with Gasteiger partial charge in [-0.3, -0.25) is 9.78 Å². The van der Waals surface area contributed by atoms with Crippen molar-refractivity contribution in [3.8, 4) is 5.75 Å². The van der Waals surface area contributed by atoms with Gasteiger partial charge in [-0.25, -0.2) is 0 Å². The van der Waals surface area contributed by atoms with Crippen LogP contribution in [0, 0.1) is 0 Å². The van der Waals surface area contributed by atoms with E-state index in [1.807, 2.05) is 53.6 Å². The number of aliphatic hydroxyl groups excluding tert-OH is 1. The number of pyridine rings is 1. The van der Waals surface area contributed by atoms with E-state index < -0.39 is 12.2 Å². The minimum Gasteiger partial charge on any atom is -0.495 e. The Balaban J connectivity index is 1.24. The molecule has 3 unspecified atom stereocenters. The highest BCUT2D eigenvalue weighted by atomic mass is 16.5. The van der Waals surface area contributed by atoms with Crippen LogP contribution < -0.4 is 9.64 Å². The molecule has 2 aromatic rings. The summed E-state index contributed by atoms with van der Waals surface area (Å²) in [6, 6.07) is 13.9. The number of carbonyl (C=O) groups excluding carboxylic acids is 1. The lowest BCUT2D eigenvalue weighted by Gasteiger charge is -2.40. The molecule has 3 atom stereocenters. The van der Waals surface area contributed by atoms with E-state index in [0.29, 0.717) is 19.5 Å². The van der Waals surface area contributed by atoms with Crippen LogP contribution in [0.2, 0.25) is 0 Å². The molecule has 1 aromatic heterocycles. The number of benzene rings is 1. The Bertz CT molecular complexity index is 936. The highest BCUT2D eigenvalue weighted by Crippen LogP contribution is 2.29. The van der Waals surface area contributed by atoms with Gasteiger partial charge in [0.1, 0.15) is 5.75 Å². The zero-order valence-electron chi connectivity index (χ0n) is 20.9. The van der Waals surface area contributed by atoms with Crippen LogP contribution in [0.5, 0.6) is 5.75 Å². The second-order valence-corrected chi connectivity index (χ2v) is 9.47. The van der Waals surface area contributed by atoms with Gasteiger partial charge >= 0.3 is 0 Å². The quantitative estimate of drug-likeness (QED) is 0.587. The molecule has 0 bridgehead atoms. The predicted octanol–water partition coefficient (Wildman–Crippen LogP) is 2.21. The molecule has 4 rings (SSSR count). The Morgan fingerprint density at radius 2 is 1.89 bits per heavy atom. The first-order chi connectivity index (χ1) is 17.0. The standard InChI is InChI=1S/C27H38N4O4/c1-29(15-12-21-7-5-6-14-28-21)16-13-22-10-11-24(32)26(35-22)27(33)31-19-17-30(18-20-31)23-8-3-4-9-25(23)34-2/h3-9,14,22,24,26,32H,10-13,15-20H2,1-2H3. The summed E-state index contributed by atoms with van der Waals surface area (Å²) in [5.41, 5.74) is 2.14. The topological polar surface area (TPSA) is 78.4 Å². The Kier molecular flexibility index (Phi) is 8.95. The summed E-state index contributed by atoms with van der Waals surface area (Å²) in [5, 5.41) is 10.6. The number of anilines is 1. The van der Waals surface area contributed by atoms with Crippen LogP contribution in [0.1, 0.15) is 25.0 Å². The minimum atomic E-state index is -0.773. The number of methoxy groups -OCH3 is 1. The molecule has 2 aliphatic rings. The van der Waals surface area contributed by atoms with Crippen LogP contribution in [0.4, 0.5) is 5.69 Å². The van der Waals surface area contributed by atoms with Crippen molar-refractivity contribution < 1.29 is 19.4 Å². The van der Waals surface area contributed by atoms with E-state index >= 15 is 0 Å². The van der Waals surface area contributed by atoms with Gasteiger partial charge < -0.3 is 29.3 Å². The summed E-state index contributed by atoms with van der Waals surface area (Å²) < 4.78 is 11.7. The number of aliphatic hydroxyl groups is 1. The molecule has 35 heavy (non-hydrogen) atoms. The zero-order chi connectivity index (χ0) is 24.6. The van der Waals surface area contributed by atoms with Gasteiger partial charge in [-0.1, -0.05) is 18.2 Å². The maximum atomic E-state index is 13.3. The van der Waals surface area contributed by atoms with Gasteiger partial charge in [0.05, 0.1) is 25.0 Å². The van der Waals surface area contributed by atoms with Crippen molar-refractivity contribution in [1.82, 2.24) is 14.8 Å². The maximum Gasteiger partial charge on any atom is 0.254 e. The fourth-order valence-corrected chi connectivity index (χ4v) is 4.88. The number of amides is 1. The molecule has 1 aromatic carbocycles. The Labute approximate surface area is 208 Å². The van der Waals surface area contributed by atoms with Crippen molar-refractivity contribution in [1.29, 1.82) is 0 Å². The fraction of sp³-hybridized carbons (Fsp3) is 0.556. The number of ether oxygens (including phenoxy) is 2. The summed E-state index contributed by atoms with van der Waals surface area (Å²) in [4.78, 5) is 24.0. The molecule has 2 fully saturated rings. The van der Waals surface area contributed by atoms with Crippen molar-refractivity contribution in [3.05, 3.63) is 54.4 Å². The van der Waals surface area contributed by atoms with Gasteiger partial charge in [0.25, 0.3) is 5.91 Å². The fourth-order valence-electron chi connectivity index (χ4n) is 4.88. The molecule has 1 amide bonds. The molecular weight excluding hydrogens is 444 g/mol. The van der Waals surface area contributed by atoms with E-state index in [2.05, 4.69) is 21.8 Å². The molecule has 190 valence electrons. The Morgan fingerprint density at radius 3 is 2.63 bits per heavy atom. The number of hydrogen-bond acceptors (Lipinski definition) is 7. The molecule has 2 saturated heterocycles. The van der Waals surface area contributed by atoms with Gasteiger partial charge in [0.15, 0.2) is 6.10 Å². The Morgan fingerprint density at radius 1 is 1.11 bits per heavy atom. The highest BCUT2D eigenvalue weighted by Gasteiger charge is 2.38. The molecule has 1 N–H and O–H groups in total. The third kappa shape index (κ3) is 6.72. The van der Waals surface area contributed by atoms with E-state index in [-0.39, 0.29) is 12.0 Å². The molecular formula is C27H38N4O4. The smallest absolute Gasteiger partial charge is 0.254 e. The Hall–Kier alpha value is -2.68. The number of piperazine rings is 1. The number of rotatable bonds is 9. The third-order valence-electron chi connectivity index (χ3n) is 7.04. The van der Waals surface area contributed by atoms with Gasteiger partial charge in [-0.05, 0) is 50.6 Å². The first kappa shape index (κ1) is 25.4. The van der Waals surface area contributed by atoms with Crippen LogP contribution in [0.15, 0.2) is 48.7 Å². The largest absolute Gasteiger partial charge is 0.495 e. The van der Waals surface area contributed by atoms with Crippen molar-refractivity contribution in [2.75, 3.05) is 58.3 Å². The monoisotopic (exact) mass is 482 g/mol. The van der Waals surface area contributed by atoms with Gasteiger partial charge in [-0.15, -0.1) is 0 Å². The summed E-state index contributed by atoms with van der Waals surface area (Å²) in [5.74, 6) is 0.747. The number of nitrogens with zero attached hydrogens (tertiary/aromatic N) is 4. The summed E-state index contributed by atoms with van der Waals surface area (Å²) >= 11 is 0. The molecule has 0 aliphatic carbocycles. The second-order valence-electron chi connectivity index (χ2n) is 9.47. The molecule has 3 heterocycles. The van der Waals surface area contributed by atoms with Crippen molar-refractivity contribution in [2.45, 2.75) is 44.0 Å². The third-order valence-corrected chi connectivity index (χ3v) is 7.04. The van der Waals surface area contributed by atoms with E-state index in [1.165, 1.54) is 0 Å². The number of para-hydroxylation sites is 2. The SMILES string of the molecule is COc1ccccc1N1CCN(C(=O)C2OC(CCN(C)CCc3ccccn3)CCC2O)CC1. The van der Waals surface area contributed by atoms with E-state index in [4.69, 9.17) is 9.47 Å². The van der Waals surface area contributed by atoms with Crippen molar-refractivity contribution in [2.24, 2.45) is 0 Å². The normalized spacial score (nSPS) is 22.9. The molecule has 0 spiro atoms. The first-order valence-electron chi connectivity index (χ1n) is 12.6.